The van der Waals surface area contributed by atoms with Gasteiger partial charge in [0.15, 0.2) is 11.5 Å². The van der Waals surface area contributed by atoms with Gasteiger partial charge in [-0.05, 0) is 35.0 Å². The van der Waals surface area contributed by atoms with Crippen molar-refractivity contribution in [1.29, 1.82) is 0 Å². The zero-order chi connectivity index (χ0) is 16.2. The monoisotopic (exact) mass is 381 g/mol. The molecule has 0 atom stereocenters. The van der Waals surface area contributed by atoms with Crippen molar-refractivity contribution in [3.05, 3.63) is 34.3 Å². The van der Waals surface area contributed by atoms with Gasteiger partial charge in [0.05, 0.1) is 12.8 Å². The minimum Gasteiger partial charge on any atom is -0.464 e. The number of fused-ring (bicyclic) bond motifs is 1. The van der Waals surface area contributed by atoms with Crippen LogP contribution in [0.25, 0.3) is 0 Å². The van der Waals surface area contributed by atoms with Gasteiger partial charge in [0.1, 0.15) is 6.20 Å². The van der Waals surface area contributed by atoms with Crippen LogP contribution in [0.3, 0.4) is 0 Å². The number of halogens is 1. The van der Waals surface area contributed by atoms with Gasteiger partial charge in [0.25, 0.3) is 5.89 Å². The van der Waals surface area contributed by atoms with Crippen LogP contribution in [0.2, 0.25) is 0 Å². The topological polar surface area (TPSA) is 95.2 Å². The first-order chi connectivity index (χ1) is 11.2. The average Bonchev–Trinajstić information content (AvgIpc) is 3.16. The molecular formula is C14H12BrN3O5. The van der Waals surface area contributed by atoms with Crippen molar-refractivity contribution in [3.8, 4) is 17.4 Å². The molecule has 0 bridgehead atoms. The lowest BCUT2D eigenvalue weighted by atomic mass is 10.2. The summed E-state index contributed by atoms with van der Waals surface area (Å²) in [5, 5.41) is 3.87. The van der Waals surface area contributed by atoms with Crippen molar-refractivity contribution >= 4 is 28.1 Å². The number of hydrazone groups is 1. The van der Waals surface area contributed by atoms with E-state index in [1.54, 1.807) is 19.1 Å². The molecule has 1 aromatic carbocycles. The summed E-state index contributed by atoms with van der Waals surface area (Å²) >= 11 is 3.40. The summed E-state index contributed by atoms with van der Waals surface area (Å²) in [6, 6.07) is 3.52. The second kappa shape index (κ2) is 6.69. The van der Waals surface area contributed by atoms with Crippen molar-refractivity contribution in [2.45, 2.75) is 6.92 Å². The van der Waals surface area contributed by atoms with Crippen molar-refractivity contribution in [2.24, 2.45) is 5.10 Å². The molecule has 1 aliphatic heterocycles. The number of oxazole rings is 1. The van der Waals surface area contributed by atoms with E-state index >= 15 is 0 Å². The van der Waals surface area contributed by atoms with E-state index in [4.69, 9.17) is 18.6 Å². The molecule has 23 heavy (non-hydrogen) atoms. The fraction of sp³-hybridized carbons (Fsp3) is 0.214. The number of nitrogens with one attached hydrogen (secondary N) is 1. The molecule has 1 aromatic heterocycles. The van der Waals surface area contributed by atoms with Crippen molar-refractivity contribution < 1.29 is 23.4 Å². The van der Waals surface area contributed by atoms with E-state index in [-0.39, 0.29) is 18.6 Å². The third-order valence-corrected chi connectivity index (χ3v) is 3.51. The third-order valence-electron chi connectivity index (χ3n) is 2.83. The molecule has 1 amide bonds. The van der Waals surface area contributed by atoms with Crippen molar-refractivity contribution in [2.75, 3.05) is 13.4 Å². The standard InChI is InChI=1S/C14H12BrN3O5/c1-2-20-12-6-16-14(23-12)13(19)18-17-5-8-3-10-11(4-9(8)15)22-7-21-10/h3-6H,2,7H2,1H3,(H,18,19)/b17-5+. The zero-order valence-corrected chi connectivity index (χ0v) is 13.6. The highest BCUT2D eigenvalue weighted by molar-refractivity contribution is 9.10. The zero-order valence-electron chi connectivity index (χ0n) is 12.0. The van der Waals surface area contributed by atoms with E-state index in [1.165, 1.54) is 12.4 Å². The molecule has 1 N–H and O–H groups in total. The predicted octanol–water partition coefficient (Wildman–Crippen LogP) is 2.33. The summed E-state index contributed by atoms with van der Waals surface area (Å²) in [6.07, 6.45) is 2.80. The number of benzene rings is 1. The normalized spacial score (nSPS) is 12.6. The molecular weight excluding hydrogens is 370 g/mol. The van der Waals surface area contributed by atoms with Gasteiger partial charge in [-0.25, -0.2) is 10.4 Å². The Bertz CT molecular complexity index is 759. The predicted molar refractivity (Wildman–Crippen MR) is 83.0 cm³/mol. The number of amides is 1. The van der Waals surface area contributed by atoms with Gasteiger partial charge in [-0.3, -0.25) is 4.79 Å². The molecule has 0 fully saturated rings. The first-order valence-electron chi connectivity index (χ1n) is 6.68. The van der Waals surface area contributed by atoms with Gasteiger partial charge in [-0.2, -0.15) is 5.10 Å². The van der Waals surface area contributed by atoms with Crippen molar-refractivity contribution in [1.82, 2.24) is 10.4 Å². The Morgan fingerprint density at radius 2 is 2.26 bits per heavy atom. The largest absolute Gasteiger partial charge is 0.464 e. The quantitative estimate of drug-likeness (QED) is 0.630. The molecule has 2 heterocycles. The summed E-state index contributed by atoms with van der Waals surface area (Å²) in [5.74, 6) is 0.746. The fourth-order valence-corrected chi connectivity index (χ4v) is 2.24. The van der Waals surface area contributed by atoms with Gasteiger partial charge < -0.3 is 18.6 Å². The molecule has 0 aliphatic carbocycles. The highest BCUT2D eigenvalue weighted by Crippen LogP contribution is 2.36. The van der Waals surface area contributed by atoms with Gasteiger partial charge in [-0.1, -0.05) is 0 Å². The second-order valence-corrected chi connectivity index (χ2v) is 5.20. The van der Waals surface area contributed by atoms with E-state index < -0.39 is 5.91 Å². The maximum atomic E-state index is 11.8. The molecule has 2 aromatic rings. The lowest BCUT2D eigenvalue weighted by Crippen LogP contribution is -2.17. The second-order valence-electron chi connectivity index (χ2n) is 4.34. The summed E-state index contributed by atoms with van der Waals surface area (Å²) in [4.78, 5) is 15.6. The Morgan fingerprint density at radius 1 is 1.48 bits per heavy atom. The Balaban J connectivity index is 1.65. The Hall–Kier alpha value is -2.55. The van der Waals surface area contributed by atoms with Gasteiger partial charge in [0, 0.05) is 10.0 Å². The van der Waals surface area contributed by atoms with E-state index in [1.807, 2.05) is 0 Å². The number of aromatic nitrogens is 1. The van der Waals surface area contributed by atoms with E-state index in [2.05, 4.69) is 31.4 Å². The van der Waals surface area contributed by atoms with Gasteiger partial charge >= 0.3 is 11.9 Å². The van der Waals surface area contributed by atoms with E-state index in [0.29, 0.717) is 18.1 Å². The molecule has 9 heteroatoms. The van der Waals surface area contributed by atoms with Crippen LogP contribution < -0.4 is 19.6 Å². The van der Waals surface area contributed by atoms with Crippen molar-refractivity contribution in [3.63, 3.8) is 0 Å². The SMILES string of the molecule is CCOc1cnc(C(=O)N/N=C/c2cc3c(cc2Br)OCO3)o1. The first-order valence-corrected chi connectivity index (χ1v) is 7.48. The summed E-state index contributed by atoms with van der Waals surface area (Å²) in [7, 11) is 0. The lowest BCUT2D eigenvalue weighted by molar-refractivity contribution is 0.0912. The Morgan fingerprint density at radius 3 is 3.04 bits per heavy atom. The maximum absolute atomic E-state index is 11.8. The van der Waals surface area contributed by atoms with Crippen LogP contribution in [-0.4, -0.2) is 30.5 Å². The Labute approximate surface area is 139 Å². The van der Waals surface area contributed by atoms with E-state index in [9.17, 15) is 4.79 Å². The summed E-state index contributed by atoms with van der Waals surface area (Å²) in [6.45, 7) is 2.41. The van der Waals surface area contributed by atoms with Crippen LogP contribution in [0.15, 0.2) is 32.3 Å². The molecule has 1 aliphatic rings. The molecule has 0 unspecified atom stereocenters. The number of carbonyl (C=O) groups is 1. The van der Waals surface area contributed by atoms with Crippen LogP contribution >= 0.6 is 15.9 Å². The minimum atomic E-state index is -0.580. The highest BCUT2D eigenvalue weighted by Gasteiger charge is 2.16. The maximum Gasteiger partial charge on any atom is 0.327 e. The Kier molecular flexibility index (Phi) is 4.47. The van der Waals surface area contributed by atoms with Crippen LogP contribution in [0.4, 0.5) is 0 Å². The van der Waals surface area contributed by atoms with E-state index in [0.717, 1.165) is 10.0 Å². The van der Waals surface area contributed by atoms with Crippen LogP contribution in [0.1, 0.15) is 23.2 Å². The molecule has 120 valence electrons. The average molecular weight is 382 g/mol. The lowest BCUT2D eigenvalue weighted by Gasteiger charge is -2.01. The smallest absolute Gasteiger partial charge is 0.327 e. The first kappa shape index (κ1) is 15.3. The molecule has 0 saturated heterocycles. The molecule has 0 spiro atoms. The minimum absolute atomic E-state index is 0.129. The van der Waals surface area contributed by atoms with Crippen LogP contribution in [-0.2, 0) is 0 Å². The summed E-state index contributed by atoms with van der Waals surface area (Å²) < 4.78 is 21.5. The number of hydrogen-bond donors (Lipinski definition) is 1. The molecule has 3 rings (SSSR count). The molecule has 8 nitrogen and oxygen atoms in total. The van der Waals surface area contributed by atoms with Crippen LogP contribution in [0.5, 0.6) is 17.4 Å². The van der Waals surface area contributed by atoms with Gasteiger partial charge in [-0.15, -0.1) is 0 Å². The highest BCUT2D eigenvalue weighted by atomic mass is 79.9. The fourth-order valence-electron chi connectivity index (χ4n) is 1.81. The molecule has 0 radical (unpaired) electrons. The number of carbonyl (C=O) groups excluding carboxylic acids is 1. The molecule has 0 saturated carbocycles. The number of ether oxygens (including phenoxy) is 3. The third kappa shape index (κ3) is 3.45. The summed E-state index contributed by atoms with van der Waals surface area (Å²) in [5.41, 5.74) is 3.04. The number of nitrogens with zero attached hydrogens (tertiary/aromatic N) is 2. The van der Waals surface area contributed by atoms with Gasteiger partial charge in [0.2, 0.25) is 6.79 Å². The number of hydrogen-bond acceptors (Lipinski definition) is 7. The number of rotatable bonds is 5. The van der Waals surface area contributed by atoms with Crippen LogP contribution in [0, 0.1) is 0 Å².